The third-order valence-corrected chi connectivity index (χ3v) is 5.94. The molecular weight excluding hydrogens is 415 g/mol. The molecule has 0 saturated heterocycles. The molecule has 0 spiro atoms. The predicted octanol–water partition coefficient (Wildman–Crippen LogP) is 5.65. The summed E-state index contributed by atoms with van der Waals surface area (Å²) in [7, 11) is 0. The van der Waals surface area contributed by atoms with E-state index in [2.05, 4.69) is 26.2 Å². The molecule has 0 aliphatic rings. The predicted molar refractivity (Wildman–Crippen MR) is 106 cm³/mol. The molecule has 1 amide bonds. The zero-order valence-electron chi connectivity index (χ0n) is 13.5. The molecule has 0 radical (unpaired) electrons. The van der Waals surface area contributed by atoms with Gasteiger partial charge in [0.05, 0.1) is 10.5 Å². The molecule has 4 rings (SSSR count). The van der Waals surface area contributed by atoms with Gasteiger partial charge in [0.15, 0.2) is 0 Å². The second-order valence-electron chi connectivity index (χ2n) is 5.83. The highest BCUT2D eigenvalue weighted by Crippen LogP contribution is 2.30. The van der Waals surface area contributed by atoms with Crippen molar-refractivity contribution >= 4 is 44.1 Å². The lowest BCUT2D eigenvalue weighted by Gasteiger charge is -2.18. The molecule has 2 aromatic heterocycles. The van der Waals surface area contributed by atoms with Crippen LogP contribution in [0.3, 0.4) is 0 Å². The van der Waals surface area contributed by atoms with Crippen LogP contribution in [0.5, 0.6) is 0 Å². The van der Waals surface area contributed by atoms with Crippen molar-refractivity contribution in [2.45, 2.75) is 6.04 Å². The van der Waals surface area contributed by atoms with Gasteiger partial charge >= 0.3 is 0 Å². The second kappa shape index (κ2) is 7.05. The van der Waals surface area contributed by atoms with Gasteiger partial charge in [-0.25, -0.2) is 4.39 Å². The number of thiophene rings is 1. The summed E-state index contributed by atoms with van der Waals surface area (Å²) in [6, 6.07) is 17.5. The van der Waals surface area contributed by atoms with Gasteiger partial charge < -0.3 is 10.3 Å². The molecule has 0 aliphatic carbocycles. The molecule has 130 valence electrons. The lowest BCUT2D eigenvalue weighted by atomic mass is 10.1. The van der Waals surface area contributed by atoms with Crippen LogP contribution in [-0.2, 0) is 0 Å². The molecule has 0 aliphatic heterocycles. The molecule has 0 fully saturated rings. The summed E-state index contributed by atoms with van der Waals surface area (Å²) in [4.78, 5) is 17.1. The van der Waals surface area contributed by atoms with Crippen molar-refractivity contribution < 1.29 is 9.18 Å². The molecule has 6 heteroatoms. The van der Waals surface area contributed by atoms with Crippen LogP contribution >= 0.6 is 27.3 Å². The van der Waals surface area contributed by atoms with E-state index in [9.17, 15) is 9.18 Å². The summed E-state index contributed by atoms with van der Waals surface area (Å²) in [5.74, 6) is -0.529. The van der Waals surface area contributed by atoms with Crippen LogP contribution in [0.4, 0.5) is 4.39 Å². The summed E-state index contributed by atoms with van der Waals surface area (Å²) in [5, 5.41) is 5.97. The van der Waals surface area contributed by atoms with Crippen LogP contribution in [-0.4, -0.2) is 10.9 Å². The molecule has 0 unspecified atom stereocenters. The van der Waals surface area contributed by atoms with Crippen molar-refractivity contribution in [1.82, 2.24) is 10.3 Å². The van der Waals surface area contributed by atoms with Gasteiger partial charge in [-0.15, -0.1) is 11.3 Å². The Labute approximate surface area is 162 Å². The van der Waals surface area contributed by atoms with Gasteiger partial charge in [0.25, 0.3) is 5.91 Å². The summed E-state index contributed by atoms with van der Waals surface area (Å²) in [6.07, 6.45) is 0. The number of aromatic amines is 1. The largest absolute Gasteiger partial charge is 0.350 e. The summed E-state index contributed by atoms with van der Waals surface area (Å²) >= 11 is 5.06. The van der Waals surface area contributed by atoms with Gasteiger partial charge in [0, 0.05) is 15.8 Å². The first-order valence-electron chi connectivity index (χ1n) is 7.99. The molecule has 2 aromatic carbocycles. The summed E-state index contributed by atoms with van der Waals surface area (Å²) in [5.41, 5.74) is 2.18. The minimum atomic E-state index is -0.346. The average Bonchev–Trinajstić information content (AvgIpc) is 3.29. The van der Waals surface area contributed by atoms with Gasteiger partial charge in [0.1, 0.15) is 11.5 Å². The number of amides is 1. The molecular formula is C20H14BrFN2OS. The van der Waals surface area contributed by atoms with Crippen molar-refractivity contribution in [2.75, 3.05) is 0 Å². The van der Waals surface area contributed by atoms with E-state index >= 15 is 0 Å². The number of hydrogen-bond acceptors (Lipinski definition) is 2. The number of hydrogen-bond donors (Lipinski definition) is 2. The lowest BCUT2D eigenvalue weighted by molar-refractivity contribution is 0.0938. The van der Waals surface area contributed by atoms with Crippen LogP contribution in [0.2, 0.25) is 0 Å². The van der Waals surface area contributed by atoms with E-state index in [0.29, 0.717) is 5.69 Å². The minimum absolute atomic E-state index is 0.226. The Morgan fingerprint density at radius 1 is 1.08 bits per heavy atom. The quantitative estimate of drug-likeness (QED) is 0.433. The number of H-pyrrole nitrogens is 1. The normalized spacial score (nSPS) is 12.2. The van der Waals surface area contributed by atoms with Gasteiger partial charge in [0.2, 0.25) is 0 Å². The maximum absolute atomic E-state index is 13.3. The Morgan fingerprint density at radius 2 is 1.85 bits per heavy atom. The van der Waals surface area contributed by atoms with E-state index < -0.39 is 0 Å². The second-order valence-corrected chi connectivity index (χ2v) is 7.61. The third-order valence-electron chi connectivity index (χ3n) is 4.18. The Balaban J connectivity index is 1.70. The highest BCUT2D eigenvalue weighted by molar-refractivity contribution is 9.10. The van der Waals surface area contributed by atoms with Crippen molar-refractivity contribution in [2.24, 2.45) is 0 Å². The molecule has 1 atom stereocenters. The van der Waals surface area contributed by atoms with Gasteiger partial charge in [-0.2, -0.15) is 0 Å². The van der Waals surface area contributed by atoms with Crippen molar-refractivity contribution in [1.29, 1.82) is 0 Å². The Kier molecular flexibility index (Phi) is 4.61. The number of nitrogens with one attached hydrogen (secondary N) is 2. The Hall–Kier alpha value is -2.44. The number of fused-ring (bicyclic) bond motifs is 1. The fourth-order valence-electron chi connectivity index (χ4n) is 2.90. The smallest absolute Gasteiger partial charge is 0.269 e. The fraction of sp³-hybridized carbons (Fsp3) is 0.0500. The Bertz CT molecular complexity index is 1060. The van der Waals surface area contributed by atoms with Crippen molar-refractivity contribution in [3.05, 3.63) is 92.5 Å². The monoisotopic (exact) mass is 428 g/mol. The number of rotatable bonds is 4. The first kappa shape index (κ1) is 17.0. The van der Waals surface area contributed by atoms with E-state index in [1.54, 1.807) is 23.5 Å². The number of carbonyl (C=O) groups excluding carboxylic acids is 1. The van der Waals surface area contributed by atoms with Gasteiger partial charge in [-0.1, -0.05) is 36.4 Å². The zero-order chi connectivity index (χ0) is 18.1. The molecule has 0 saturated carbocycles. The maximum Gasteiger partial charge on any atom is 0.269 e. The molecule has 4 aromatic rings. The van der Waals surface area contributed by atoms with E-state index in [-0.39, 0.29) is 17.8 Å². The van der Waals surface area contributed by atoms with E-state index in [1.165, 1.54) is 12.1 Å². The SMILES string of the molecule is O=C(N[C@@H](c1ccc(F)cc1)c1cccs1)c1[nH]c2ccccc2c1Br. The van der Waals surface area contributed by atoms with Crippen LogP contribution in [0.1, 0.15) is 27.0 Å². The number of carbonyl (C=O) groups is 1. The molecule has 2 N–H and O–H groups in total. The average molecular weight is 429 g/mol. The maximum atomic E-state index is 13.3. The van der Waals surface area contributed by atoms with Crippen molar-refractivity contribution in [3.8, 4) is 0 Å². The van der Waals surface area contributed by atoms with E-state index in [1.807, 2.05) is 41.8 Å². The summed E-state index contributed by atoms with van der Waals surface area (Å²) < 4.78 is 14.0. The first-order chi connectivity index (χ1) is 12.6. The molecule has 0 bridgehead atoms. The number of para-hydroxylation sites is 1. The molecule has 26 heavy (non-hydrogen) atoms. The summed E-state index contributed by atoms with van der Waals surface area (Å²) in [6.45, 7) is 0. The Morgan fingerprint density at radius 3 is 2.54 bits per heavy atom. The fourth-order valence-corrected chi connectivity index (χ4v) is 4.32. The topological polar surface area (TPSA) is 44.9 Å². The van der Waals surface area contributed by atoms with E-state index in [0.717, 1.165) is 25.8 Å². The minimum Gasteiger partial charge on any atom is -0.350 e. The first-order valence-corrected chi connectivity index (χ1v) is 9.66. The number of aromatic nitrogens is 1. The van der Waals surface area contributed by atoms with Gasteiger partial charge in [-0.3, -0.25) is 4.79 Å². The van der Waals surface area contributed by atoms with Crippen LogP contribution in [0, 0.1) is 5.82 Å². The lowest BCUT2D eigenvalue weighted by Crippen LogP contribution is -2.29. The van der Waals surface area contributed by atoms with Gasteiger partial charge in [-0.05, 0) is 51.1 Å². The van der Waals surface area contributed by atoms with Crippen molar-refractivity contribution in [3.63, 3.8) is 0 Å². The molecule has 3 nitrogen and oxygen atoms in total. The molecule has 2 heterocycles. The third kappa shape index (κ3) is 3.18. The van der Waals surface area contributed by atoms with Crippen LogP contribution < -0.4 is 5.32 Å². The highest BCUT2D eigenvalue weighted by Gasteiger charge is 2.22. The highest BCUT2D eigenvalue weighted by atomic mass is 79.9. The zero-order valence-corrected chi connectivity index (χ0v) is 15.9. The van der Waals surface area contributed by atoms with E-state index in [4.69, 9.17) is 0 Å². The standard InChI is InChI=1S/C20H14BrFN2OS/c21-17-14-4-1-2-5-15(14)23-19(17)20(25)24-18(16-6-3-11-26-16)12-7-9-13(22)10-8-12/h1-11,18,23H,(H,24,25)/t18-/m0/s1. The van der Waals surface area contributed by atoms with Crippen LogP contribution in [0.25, 0.3) is 10.9 Å². The van der Waals surface area contributed by atoms with Crippen LogP contribution in [0.15, 0.2) is 70.5 Å². The number of benzene rings is 2. The number of halogens is 2.